The Morgan fingerprint density at radius 2 is 1.96 bits per heavy atom. The van der Waals surface area contributed by atoms with Gasteiger partial charge in [0.05, 0.1) is 13.2 Å². The van der Waals surface area contributed by atoms with E-state index in [4.69, 9.17) is 16.3 Å². The van der Waals surface area contributed by atoms with E-state index in [9.17, 15) is 9.50 Å². The van der Waals surface area contributed by atoms with E-state index in [0.29, 0.717) is 28.3 Å². The zero-order chi connectivity index (χ0) is 17.9. The largest absolute Gasteiger partial charge is 0.497 e. The molecule has 0 aliphatic carbocycles. The summed E-state index contributed by atoms with van der Waals surface area (Å²) in [7, 11) is 1.53. The van der Waals surface area contributed by atoms with Crippen molar-refractivity contribution in [3.8, 4) is 16.9 Å². The fraction of sp³-hybridized carbons (Fsp3) is 0.300. The molecule has 0 aliphatic rings. The summed E-state index contributed by atoms with van der Waals surface area (Å²) < 4.78 is 19.6. The van der Waals surface area contributed by atoms with Crippen LogP contribution in [0.25, 0.3) is 11.1 Å². The number of methoxy groups -OCH3 is 1. The first-order valence-electron chi connectivity index (χ1n) is 7.68. The quantitative estimate of drug-likeness (QED) is 0.552. The van der Waals surface area contributed by atoms with E-state index in [1.165, 1.54) is 13.2 Å². The molecule has 0 bridgehead atoms. The molecule has 0 fully saturated rings. The highest BCUT2D eigenvalue weighted by atomic mass is 35.5. The number of benzene rings is 2. The van der Waals surface area contributed by atoms with Gasteiger partial charge in [0, 0.05) is 16.9 Å². The van der Waals surface area contributed by atoms with Gasteiger partial charge in [0.15, 0.2) is 0 Å². The van der Waals surface area contributed by atoms with Gasteiger partial charge in [-0.25, -0.2) is 4.39 Å². The molecule has 2 aromatic carbocycles. The van der Waals surface area contributed by atoms with Crippen molar-refractivity contribution in [3.63, 3.8) is 0 Å². The number of aliphatic hydroxyl groups excluding tert-OH is 1. The molecular weight excluding hydrogens is 327 g/mol. The lowest BCUT2D eigenvalue weighted by molar-refractivity contribution is 0.0826. The summed E-state index contributed by atoms with van der Waals surface area (Å²) in [6, 6.07) is 9.99. The smallest absolute Gasteiger partial charge is 0.131 e. The SMILES string of the molecule is C=CC(C)(C)C(O)c1cc(CCl)ccc1-c1cc(OC)ccc1F. The maximum atomic E-state index is 14.4. The molecule has 128 valence electrons. The lowest BCUT2D eigenvalue weighted by Gasteiger charge is -2.29. The van der Waals surface area contributed by atoms with Crippen LogP contribution in [0.2, 0.25) is 0 Å². The van der Waals surface area contributed by atoms with Gasteiger partial charge in [-0.05, 0) is 34.9 Å². The van der Waals surface area contributed by atoms with Gasteiger partial charge in [-0.1, -0.05) is 38.1 Å². The average Bonchev–Trinajstić information content (AvgIpc) is 2.61. The molecule has 1 atom stereocenters. The van der Waals surface area contributed by atoms with Crippen molar-refractivity contribution < 1.29 is 14.2 Å². The molecule has 0 aromatic heterocycles. The molecule has 4 heteroatoms. The van der Waals surface area contributed by atoms with Crippen molar-refractivity contribution in [3.05, 3.63) is 66.0 Å². The Labute approximate surface area is 147 Å². The predicted molar refractivity (Wildman–Crippen MR) is 96.9 cm³/mol. The Hall–Kier alpha value is -1.84. The molecule has 0 saturated carbocycles. The van der Waals surface area contributed by atoms with Crippen LogP contribution < -0.4 is 4.74 Å². The van der Waals surface area contributed by atoms with Crippen LogP contribution >= 0.6 is 11.6 Å². The summed E-state index contributed by atoms with van der Waals surface area (Å²) in [4.78, 5) is 0. The minimum Gasteiger partial charge on any atom is -0.497 e. The number of rotatable bonds is 6. The van der Waals surface area contributed by atoms with Crippen molar-refractivity contribution >= 4 is 11.6 Å². The van der Waals surface area contributed by atoms with Crippen LogP contribution in [0.1, 0.15) is 31.1 Å². The van der Waals surface area contributed by atoms with Crippen molar-refractivity contribution in [2.24, 2.45) is 5.41 Å². The van der Waals surface area contributed by atoms with Crippen LogP contribution in [0.5, 0.6) is 5.75 Å². The molecule has 1 N–H and O–H groups in total. The van der Waals surface area contributed by atoms with Gasteiger partial charge in [-0.15, -0.1) is 18.2 Å². The van der Waals surface area contributed by atoms with Crippen molar-refractivity contribution in [2.45, 2.75) is 25.8 Å². The number of hydrogen-bond acceptors (Lipinski definition) is 2. The van der Waals surface area contributed by atoms with Crippen molar-refractivity contribution in [1.82, 2.24) is 0 Å². The second kappa shape index (κ2) is 7.37. The number of ether oxygens (including phenoxy) is 1. The van der Waals surface area contributed by atoms with Crippen molar-refractivity contribution in [2.75, 3.05) is 7.11 Å². The van der Waals surface area contributed by atoms with E-state index in [1.807, 2.05) is 26.0 Å². The average molecular weight is 349 g/mol. The summed E-state index contributed by atoms with van der Waals surface area (Å²) in [6.45, 7) is 7.55. The Bertz CT molecular complexity index is 740. The van der Waals surface area contributed by atoms with Crippen LogP contribution in [-0.4, -0.2) is 12.2 Å². The van der Waals surface area contributed by atoms with Gasteiger partial charge in [0.1, 0.15) is 11.6 Å². The highest BCUT2D eigenvalue weighted by molar-refractivity contribution is 6.17. The molecule has 0 spiro atoms. The van der Waals surface area contributed by atoms with Crippen LogP contribution in [0.4, 0.5) is 4.39 Å². The van der Waals surface area contributed by atoms with E-state index in [2.05, 4.69) is 6.58 Å². The maximum absolute atomic E-state index is 14.4. The third kappa shape index (κ3) is 3.63. The van der Waals surface area contributed by atoms with Gasteiger partial charge >= 0.3 is 0 Å². The number of hydrogen-bond donors (Lipinski definition) is 1. The number of aliphatic hydroxyl groups is 1. The van der Waals surface area contributed by atoms with Crippen molar-refractivity contribution in [1.29, 1.82) is 0 Å². The Morgan fingerprint density at radius 3 is 2.54 bits per heavy atom. The van der Waals surface area contributed by atoms with Crippen LogP contribution in [0.15, 0.2) is 49.1 Å². The summed E-state index contributed by atoms with van der Waals surface area (Å²) in [6.07, 6.45) is 0.843. The van der Waals surface area contributed by atoms with E-state index < -0.39 is 11.5 Å². The molecule has 2 rings (SSSR count). The summed E-state index contributed by atoms with van der Waals surface area (Å²) in [5.74, 6) is 0.491. The molecule has 2 nitrogen and oxygen atoms in total. The molecule has 1 unspecified atom stereocenters. The second-order valence-electron chi connectivity index (χ2n) is 6.33. The molecule has 0 amide bonds. The number of alkyl halides is 1. The zero-order valence-electron chi connectivity index (χ0n) is 14.1. The maximum Gasteiger partial charge on any atom is 0.131 e. The Kier molecular flexibility index (Phi) is 5.68. The molecule has 0 heterocycles. The van der Waals surface area contributed by atoms with Crippen LogP contribution in [-0.2, 0) is 5.88 Å². The second-order valence-corrected chi connectivity index (χ2v) is 6.60. The topological polar surface area (TPSA) is 29.5 Å². The first-order chi connectivity index (χ1) is 11.3. The third-order valence-corrected chi connectivity index (χ3v) is 4.57. The first kappa shape index (κ1) is 18.5. The predicted octanol–water partition coefficient (Wildman–Crippen LogP) is 5.49. The van der Waals surface area contributed by atoms with E-state index in [0.717, 1.165) is 5.56 Å². The fourth-order valence-corrected chi connectivity index (χ4v) is 2.68. The summed E-state index contributed by atoms with van der Waals surface area (Å²) in [5.41, 5.74) is 1.89. The van der Waals surface area contributed by atoms with Gasteiger partial charge in [-0.2, -0.15) is 0 Å². The number of halogens is 2. The third-order valence-electron chi connectivity index (χ3n) is 4.26. The minimum absolute atomic E-state index is 0.315. The van der Waals surface area contributed by atoms with Crippen LogP contribution in [0.3, 0.4) is 0 Å². The molecule has 0 saturated heterocycles. The zero-order valence-corrected chi connectivity index (χ0v) is 14.9. The summed E-state index contributed by atoms with van der Waals surface area (Å²) >= 11 is 5.93. The van der Waals surface area contributed by atoms with Gasteiger partial charge in [-0.3, -0.25) is 0 Å². The van der Waals surface area contributed by atoms with Crippen LogP contribution in [0, 0.1) is 11.2 Å². The molecule has 0 radical (unpaired) electrons. The first-order valence-corrected chi connectivity index (χ1v) is 8.22. The Balaban J connectivity index is 2.69. The van der Waals surface area contributed by atoms with Gasteiger partial charge in [0.25, 0.3) is 0 Å². The van der Waals surface area contributed by atoms with E-state index >= 15 is 0 Å². The van der Waals surface area contributed by atoms with Gasteiger partial charge in [0.2, 0.25) is 0 Å². The molecule has 0 aliphatic heterocycles. The highest BCUT2D eigenvalue weighted by Gasteiger charge is 2.29. The minimum atomic E-state index is -0.848. The van der Waals surface area contributed by atoms with E-state index in [-0.39, 0.29) is 5.82 Å². The normalized spacial score (nSPS) is 12.8. The fourth-order valence-electron chi connectivity index (χ4n) is 2.52. The standard InChI is InChI=1S/C20H22ClFO2/c1-5-20(2,3)19(23)17-10-13(12-21)6-8-15(17)16-11-14(24-4)7-9-18(16)22/h5-11,19,23H,1,12H2,2-4H3. The lowest BCUT2D eigenvalue weighted by atomic mass is 9.80. The monoisotopic (exact) mass is 348 g/mol. The Morgan fingerprint density at radius 1 is 1.25 bits per heavy atom. The van der Waals surface area contributed by atoms with Gasteiger partial charge < -0.3 is 9.84 Å². The molecule has 24 heavy (non-hydrogen) atoms. The molecular formula is C20H22ClFO2. The molecule has 2 aromatic rings. The lowest BCUT2D eigenvalue weighted by Crippen LogP contribution is -2.20. The van der Waals surface area contributed by atoms with E-state index in [1.54, 1.807) is 24.3 Å². The summed E-state index contributed by atoms with van der Waals surface area (Å²) in [5, 5.41) is 10.9. The highest BCUT2D eigenvalue weighted by Crippen LogP contribution is 2.41.